The van der Waals surface area contributed by atoms with E-state index in [-0.39, 0.29) is 5.69 Å². The first-order valence-electron chi connectivity index (χ1n) is 9.82. The molecule has 4 aromatic rings. The summed E-state index contributed by atoms with van der Waals surface area (Å²) in [4.78, 5) is 10.5. The zero-order valence-electron chi connectivity index (χ0n) is 17.2. The van der Waals surface area contributed by atoms with Crippen LogP contribution in [0.1, 0.15) is 27.9 Å². The third-order valence-electron chi connectivity index (χ3n) is 4.92. The molecule has 0 saturated carbocycles. The molecule has 0 unspecified atom stereocenters. The van der Waals surface area contributed by atoms with Crippen LogP contribution in [-0.4, -0.2) is 19.9 Å². The molecule has 0 radical (unpaired) electrons. The molecule has 0 aliphatic heterocycles. The molecular formula is C25H20N4O2. The Balaban J connectivity index is 1.73. The molecular weight excluding hydrogens is 388 g/mol. The molecule has 152 valence electrons. The maximum Gasteiger partial charge on any atom is 0.269 e. The summed E-state index contributed by atoms with van der Waals surface area (Å²) >= 11 is 0. The lowest BCUT2D eigenvalue weighted by molar-refractivity contribution is -0.384. The van der Waals surface area contributed by atoms with Gasteiger partial charge in [0.1, 0.15) is 11.4 Å². The summed E-state index contributed by atoms with van der Waals surface area (Å²) < 4.78 is 1.73. The maximum absolute atomic E-state index is 10.9. The third kappa shape index (κ3) is 4.68. The van der Waals surface area contributed by atoms with E-state index in [0.717, 1.165) is 22.3 Å². The summed E-state index contributed by atoms with van der Waals surface area (Å²) in [7, 11) is 0. The van der Waals surface area contributed by atoms with Gasteiger partial charge in [-0.1, -0.05) is 70.8 Å². The molecule has 1 heterocycles. The van der Waals surface area contributed by atoms with Gasteiger partial charge in [0.15, 0.2) is 0 Å². The van der Waals surface area contributed by atoms with Crippen LogP contribution in [0.4, 0.5) is 5.69 Å². The fourth-order valence-corrected chi connectivity index (χ4v) is 3.12. The van der Waals surface area contributed by atoms with Gasteiger partial charge >= 0.3 is 0 Å². The number of hydrogen-bond donors (Lipinski definition) is 0. The summed E-state index contributed by atoms with van der Waals surface area (Å²) in [6, 6.07) is 22.5. The van der Waals surface area contributed by atoms with E-state index in [1.54, 1.807) is 16.8 Å². The van der Waals surface area contributed by atoms with Gasteiger partial charge in [0, 0.05) is 23.3 Å². The van der Waals surface area contributed by atoms with Gasteiger partial charge in [-0.3, -0.25) is 10.1 Å². The van der Waals surface area contributed by atoms with Crippen LogP contribution in [0.2, 0.25) is 0 Å². The Labute approximate surface area is 180 Å². The zero-order valence-corrected chi connectivity index (χ0v) is 17.2. The SMILES string of the molecule is Cc1ccc(C#Cc2c(-c3ccc(C)cc3)nnn2Cc2ccc([N+](=O)[O-])cc2)cc1. The monoisotopic (exact) mass is 408 g/mol. The number of benzene rings is 3. The quantitative estimate of drug-likeness (QED) is 0.273. The van der Waals surface area contributed by atoms with Crippen LogP contribution in [0.15, 0.2) is 72.8 Å². The van der Waals surface area contributed by atoms with Gasteiger partial charge < -0.3 is 0 Å². The highest BCUT2D eigenvalue weighted by Crippen LogP contribution is 2.22. The Morgan fingerprint density at radius 1 is 0.871 bits per heavy atom. The van der Waals surface area contributed by atoms with Gasteiger partial charge in [0.2, 0.25) is 0 Å². The molecule has 0 saturated heterocycles. The topological polar surface area (TPSA) is 73.8 Å². The van der Waals surface area contributed by atoms with Crippen LogP contribution in [0.5, 0.6) is 0 Å². The average Bonchev–Trinajstić information content (AvgIpc) is 3.16. The van der Waals surface area contributed by atoms with Gasteiger partial charge in [-0.25, -0.2) is 4.68 Å². The summed E-state index contributed by atoms with van der Waals surface area (Å²) in [5.41, 5.74) is 6.53. The van der Waals surface area contributed by atoms with Gasteiger partial charge in [-0.15, -0.1) is 5.10 Å². The van der Waals surface area contributed by atoms with Gasteiger partial charge in [0.05, 0.1) is 11.5 Å². The Morgan fingerprint density at radius 3 is 2.10 bits per heavy atom. The Kier molecular flexibility index (Phi) is 5.59. The van der Waals surface area contributed by atoms with E-state index in [1.807, 2.05) is 62.4 Å². The number of hydrogen-bond acceptors (Lipinski definition) is 4. The number of non-ortho nitro benzene ring substituents is 1. The lowest BCUT2D eigenvalue weighted by Gasteiger charge is -2.04. The smallest absolute Gasteiger partial charge is 0.258 e. The second-order valence-corrected chi connectivity index (χ2v) is 7.35. The molecule has 31 heavy (non-hydrogen) atoms. The first-order valence-corrected chi connectivity index (χ1v) is 9.82. The van der Waals surface area contributed by atoms with Crippen LogP contribution >= 0.6 is 0 Å². The van der Waals surface area contributed by atoms with E-state index < -0.39 is 4.92 Å². The summed E-state index contributed by atoms with van der Waals surface area (Å²) in [5, 5.41) is 19.6. The highest BCUT2D eigenvalue weighted by Gasteiger charge is 2.14. The molecule has 0 aliphatic rings. The fraction of sp³-hybridized carbons (Fsp3) is 0.120. The number of aryl methyl sites for hydroxylation is 2. The normalized spacial score (nSPS) is 10.4. The van der Waals surface area contributed by atoms with Crippen molar-refractivity contribution in [2.75, 3.05) is 0 Å². The van der Waals surface area contributed by atoms with Crippen molar-refractivity contribution in [2.45, 2.75) is 20.4 Å². The van der Waals surface area contributed by atoms with Gasteiger partial charge in [-0.05, 0) is 37.5 Å². The third-order valence-corrected chi connectivity index (χ3v) is 4.92. The molecule has 4 rings (SSSR count). The zero-order chi connectivity index (χ0) is 21.8. The lowest BCUT2D eigenvalue weighted by atomic mass is 10.1. The maximum atomic E-state index is 10.9. The molecule has 0 spiro atoms. The van der Waals surface area contributed by atoms with Crippen molar-refractivity contribution in [3.8, 4) is 23.1 Å². The van der Waals surface area contributed by atoms with E-state index in [1.165, 1.54) is 17.7 Å². The van der Waals surface area contributed by atoms with E-state index in [9.17, 15) is 10.1 Å². The Hall–Kier alpha value is -4.24. The minimum Gasteiger partial charge on any atom is -0.258 e. The van der Waals surface area contributed by atoms with E-state index >= 15 is 0 Å². The van der Waals surface area contributed by atoms with Crippen LogP contribution in [-0.2, 0) is 6.54 Å². The number of nitrogens with zero attached hydrogens (tertiary/aromatic N) is 4. The van der Waals surface area contributed by atoms with Crippen molar-refractivity contribution in [3.63, 3.8) is 0 Å². The van der Waals surface area contributed by atoms with Gasteiger partial charge in [-0.2, -0.15) is 0 Å². The molecule has 6 heteroatoms. The predicted octanol–water partition coefficient (Wildman–Crippen LogP) is 4.92. The predicted molar refractivity (Wildman–Crippen MR) is 120 cm³/mol. The number of aromatic nitrogens is 3. The average molecular weight is 408 g/mol. The Morgan fingerprint density at radius 2 is 1.48 bits per heavy atom. The second kappa shape index (κ2) is 8.64. The molecule has 0 N–H and O–H groups in total. The highest BCUT2D eigenvalue weighted by molar-refractivity contribution is 5.66. The molecule has 3 aromatic carbocycles. The number of rotatable bonds is 4. The van der Waals surface area contributed by atoms with Crippen LogP contribution in [0.25, 0.3) is 11.3 Å². The number of nitro benzene ring substituents is 1. The van der Waals surface area contributed by atoms with Crippen molar-refractivity contribution in [3.05, 3.63) is 111 Å². The molecule has 0 fully saturated rings. The van der Waals surface area contributed by atoms with Crippen LogP contribution in [0.3, 0.4) is 0 Å². The molecule has 0 atom stereocenters. The fourth-order valence-electron chi connectivity index (χ4n) is 3.12. The van der Waals surface area contributed by atoms with Crippen molar-refractivity contribution in [2.24, 2.45) is 0 Å². The number of nitro groups is 1. The van der Waals surface area contributed by atoms with Crippen molar-refractivity contribution < 1.29 is 4.92 Å². The van der Waals surface area contributed by atoms with E-state index in [0.29, 0.717) is 17.9 Å². The van der Waals surface area contributed by atoms with E-state index in [2.05, 4.69) is 22.2 Å². The second-order valence-electron chi connectivity index (χ2n) is 7.35. The Bertz CT molecular complexity index is 1280. The van der Waals surface area contributed by atoms with Crippen molar-refractivity contribution in [1.82, 2.24) is 15.0 Å². The molecule has 1 aromatic heterocycles. The van der Waals surface area contributed by atoms with Crippen molar-refractivity contribution in [1.29, 1.82) is 0 Å². The largest absolute Gasteiger partial charge is 0.269 e. The first kappa shape index (κ1) is 20.0. The van der Waals surface area contributed by atoms with Gasteiger partial charge in [0.25, 0.3) is 5.69 Å². The first-order chi connectivity index (χ1) is 15.0. The summed E-state index contributed by atoms with van der Waals surface area (Å²) in [6.07, 6.45) is 0. The van der Waals surface area contributed by atoms with Crippen LogP contribution in [0, 0.1) is 35.8 Å². The highest BCUT2D eigenvalue weighted by atomic mass is 16.6. The minimum atomic E-state index is -0.410. The molecule has 0 amide bonds. The summed E-state index contributed by atoms with van der Waals surface area (Å²) in [6.45, 7) is 4.48. The molecule has 0 aliphatic carbocycles. The van der Waals surface area contributed by atoms with Crippen molar-refractivity contribution >= 4 is 5.69 Å². The summed E-state index contributed by atoms with van der Waals surface area (Å²) in [5.74, 6) is 6.45. The van der Waals surface area contributed by atoms with E-state index in [4.69, 9.17) is 0 Å². The lowest BCUT2D eigenvalue weighted by Crippen LogP contribution is -2.05. The molecule has 6 nitrogen and oxygen atoms in total. The van der Waals surface area contributed by atoms with Crippen LogP contribution < -0.4 is 0 Å². The minimum absolute atomic E-state index is 0.0575. The standard InChI is InChI=1S/C25H20N4O2/c1-18-3-7-20(8-4-18)11-16-24-25(22-12-5-19(2)6-13-22)26-27-28(24)17-21-9-14-23(15-10-21)29(30)31/h3-10,12-15H,17H2,1-2H3. The molecule has 0 bridgehead atoms.